The number of aliphatic hydroxyl groups is 4. The highest BCUT2D eigenvalue weighted by Gasteiger charge is 2.52. The minimum atomic E-state index is -4.83. The molecule has 0 spiro atoms. The molecule has 2 atom stereocenters. The van der Waals surface area contributed by atoms with Crippen molar-refractivity contribution < 1.29 is 74.6 Å². The molecule has 14 nitrogen and oxygen atoms in total. The highest BCUT2D eigenvalue weighted by atomic mass is 32.1. The molecule has 68 heavy (non-hydrogen) atoms. The number of thiocarbonyl (C=S) groups is 2. The second-order valence-corrected chi connectivity index (χ2v) is 16.6. The predicted octanol–water partition coefficient (Wildman–Crippen LogP) is 6.73. The fourth-order valence-corrected chi connectivity index (χ4v) is 7.93. The van der Waals surface area contributed by atoms with E-state index in [1.807, 2.05) is 0 Å². The number of amides is 2. The molecule has 24 heteroatoms. The van der Waals surface area contributed by atoms with Crippen LogP contribution >= 0.6 is 24.4 Å². The second-order valence-electron chi connectivity index (χ2n) is 15.8. The summed E-state index contributed by atoms with van der Waals surface area (Å²) >= 11 is 10.8. The molecule has 2 heterocycles. The van der Waals surface area contributed by atoms with Crippen LogP contribution in [0.15, 0.2) is 72.8 Å². The lowest BCUT2D eigenvalue weighted by Crippen LogP contribution is -2.44. The minimum Gasteiger partial charge on any atom is -0.488 e. The molecule has 0 unspecified atom stereocenters. The van der Waals surface area contributed by atoms with E-state index in [2.05, 4.69) is 0 Å². The van der Waals surface area contributed by atoms with Gasteiger partial charge in [0.25, 0.3) is 11.8 Å². The van der Waals surface area contributed by atoms with E-state index in [9.17, 15) is 54.9 Å². The van der Waals surface area contributed by atoms with Crippen LogP contribution in [0.2, 0.25) is 0 Å². The Morgan fingerprint density at radius 2 is 0.926 bits per heavy atom. The van der Waals surface area contributed by atoms with Crippen molar-refractivity contribution in [2.45, 2.75) is 63.3 Å². The van der Waals surface area contributed by atoms with Gasteiger partial charge in [0.15, 0.2) is 33.4 Å². The van der Waals surface area contributed by atoms with Crippen molar-refractivity contribution in [3.8, 4) is 23.6 Å². The summed E-state index contributed by atoms with van der Waals surface area (Å²) in [6, 6.07) is 15.9. The Balaban J connectivity index is 0.000000254. The Bertz CT molecular complexity index is 2540. The molecule has 360 valence electrons. The van der Waals surface area contributed by atoms with E-state index in [0.717, 1.165) is 34.1 Å². The fourth-order valence-electron chi connectivity index (χ4n) is 6.89. The van der Waals surface area contributed by atoms with Gasteiger partial charge in [-0.15, -0.1) is 0 Å². The Hall–Kier alpha value is -6.54. The predicted molar refractivity (Wildman–Crippen MR) is 236 cm³/mol. The molecule has 4 aromatic rings. The zero-order valence-corrected chi connectivity index (χ0v) is 37.5. The Labute approximate surface area is 392 Å². The van der Waals surface area contributed by atoms with E-state index in [-0.39, 0.29) is 57.7 Å². The number of ether oxygens (including phenoxy) is 2. The molecule has 0 radical (unpaired) electrons. The molecule has 0 saturated carbocycles. The second kappa shape index (κ2) is 20.0. The maximum absolute atomic E-state index is 14.6. The lowest BCUT2D eigenvalue weighted by molar-refractivity contribution is -0.138. The van der Waals surface area contributed by atoms with Gasteiger partial charge in [-0.25, -0.2) is 8.78 Å². The summed E-state index contributed by atoms with van der Waals surface area (Å²) in [6.45, 7) is 4.08. The van der Waals surface area contributed by atoms with Crippen molar-refractivity contribution in [1.82, 2.24) is 0 Å². The standard InChI is InChI=1S/2C22H19F4N3O4S/c2*1-21(2)19(32)28(13-4-3-12(9-27)16(7-13)22(24,25)26)20(34)29(21)14-5-6-18(17(23)8-14)33-11-15(31)10-30/h2*3-8,15,30-31H,10-11H2,1-2H3/t2*15-/m10/s1. The van der Waals surface area contributed by atoms with E-state index < -0.39 is 94.6 Å². The highest BCUT2D eigenvalue weighted by molar-refractivity contribution is 7.81. The van der Waals surface area contributed by atoms with Gasteiger partial charge in [-0.05, 0) is 113 Å². The number of alkyl halides is 6. The first-order valence-electron chi connectivity index (χ1n) is 19.7. The molecule has 4 N–H and O–H groups in total. The average Bonchev–Trinajstić information content (AvgIpc) is 3.57. The molecule has 2 aliphatic heterocycles. The van der Waals surface area contributed by atoms with E-state index in [1.54, 1.807) is 0 Å². The number of nitriles is 2. The molecule has 0 bridgehead atoms. The summed E-state index contributed by atoms with van der Waals surface area (Å²) in [4.78, 5) is 30.8. The summed E-state index contributed by atoms with van der Waals surface area (Å²) in [6.07, 6.45) is -12.1. The van der Waals surface area contributed by atoms with Gasteiger partial charge in [0.1, 0.15) is 36.5 Å². The average molecular weight is 995 g/mol. The third kappa shape index (κ3) is 10.4. The third-order valence-electron chi connectivity index (χ3n) is 10.3. The van der Waals surface area contributed by atoms with Crippen LogP contribution in [0.4, 0.5) is 57.9 Å². The van der Waals surface area contributed by atoms with Crippen LogP contribution in [0.5, 0.6) is 11.5 Å². The van der Waals surface area contributed by atoms with Gasteiger partial charge in [0.2, 0.25) is 0 Å². The van der Waals surface area contributed by atoms with Gasteiger partial charge in [0.05, 0.1) is 59.0 Å². The van der Waals surface area contributed by atoms with Crippen LogP contribution in [-0.2, 0) is 21.9 Å². The lowest BCUT2D eigenvalue weighted by atomic mass is 10.0. The number of anilines is 4. The molecular weight excluding hydrogens is 957 g/mol. The van der Waals surface area contributed by atoms with Crippen molar-refractivity contribution in [3.05, 3.63) is 107 Å². The zero-order chi connectivity index (χ0) is 50.8. The van der Waals surface area contributed by atoms with Crippen molar-refractivity contribution in [2.75, 3.05) is 46.0 Å². The topological polar surface area (TPSA) is 194 Å². The van der Waals surface area contributed by atoms with Crippen molar-refractivity contribution in [2.24, 2.45) is 0 Å². The SMILES string of the molecule is CC1(C)C(=O)N(c2ccc(C#N)c(C(F)(F)F)c2)C(=S)N1c1ccc(OC[C@@H](O)CO)c(F)c1.CC1(C)C(=O)N(c2ccc(C#N)c(C(F)(F)F)c2)C(=S)N1c1ccc(OC[C@H](O)CO)c(F)c1. The number of rotatable bonds is 12. The molecule has 2 fully saturated rings. The van der Waals surface area contributed by atoms with E-state index in [4.69, 9.17) is 54.6 Å². The van der Waals surface area contributed by atoms with Gasteiger partial charge < -0.3 is 39.7 Å². The number of nitrogens with zero attached hydrogens (tertiary/aromatic N) is 6. The number of hydrogen-bond donors (Lipinski definition) is 4. The molecule has 2 aliphatic rings. The largest absolute Gasteiger partial charge is 0.488 e. The summed E-state index contributed by atoms with van der Waals surface area (Å²) in [7, 11) is 0. The van der Waals surface area contributed by atoms with Crippen molar-refractivity contribution >= 4 is 69.2 Å². The number of benzene rings is 4. The van der Waals surface area contributed by atoms with Gasteiger partial charge in [-0.2, -0.15) is 36.9 Å². The molecule has 2 amide bonds. The molecule has 6 rings (SSSR count). The fraction of sp³-hybridized carbons (Fsp3) is 0.318. The van der Waals surface area contributed by atoms with Crippen LogP contribution in [-0.4, -0.2) is 92.2 Å². The molecule has 4 aromatic carbocycles. The van der Waals surface area contributed by atoms with E-state index in [0.29, 0.717) is 12.1 Å². The monoisotopic (exact) mass is 994 g/mol. The summed E-state index contributed by atoms with van der Waals surface area (Å²) in [5, 5.41) is 54.0. The maximum atomic E-state index is 14.6. The Morgan fingerprint density at radius 1 is 0.603 bits per heavy atom. The minimum absolute atomic E-state index is 0.142. The van der Waals surface area contributed by atoms with Crippen LogP contribution < -0.4 is 29.1 Å². The summed E-state index contributed by atoms with van der Waals surface area (Å²) < 4.78 is 120. The van der Waals surface area contributed by atoms with Gasteiger partial charge in [0, 0.05) is 23.5 Å². The molecule has 0 aliphatic carbocycles. The Kier molecular flexibility index (Phi) is 15.4. The first-order valence-corrected chi connectivity index (χ1v) is 20.5. The number of carbonyl (C=O) groups excluding carboxylic acids is 2. The van der Waals surface area contributed by atoms with E-state index >= 15 is 0 Å². The van der Waals surface area contributed by atoms with Crippen LogP contribution in [0.25, 0.3) is 0 Å². The van der Waals surface area contributed by atoms with Gasteiger partial charge >= 0.3 is 12.4 Å². The smallest absolute Gasteiger partial charge is 0.417 e. The van der Waals surface area contributed by atoms with Gasteiger partial charge in [-0.3, -0.25) is 19.4 Å². The molecular formula is C44H38F8N6O8S2. The molecule has 0 aromatic heterocycles. The van der Waals surface area contributed by atoms with Crippen LogP contribution in [0, 0.1) is 34.3 Å². The van der Waals surface area contributed by atoms with Crippen molar-refractivity contribution in [3.63, 3.8) is 0 Å². The quantitative estimate of drug-likeness (QED) is 0.0863. The van der Waals surface area contributed by atoms with E-state index in [1.165, 1.54) is 86.0 Å². The zero-order valence-electron chi connectivity index (χ0n) is 35.9. The number of halogens is 8. The highest BCUT2D eigenvalue weighted by Crippen LogP contribution is 2.42. The molecule has 2 saturated heterocycles. The first kappa shape index (κ1) is 52.4. The maximum Gasteiger partial charge on any atom is 0.417 e. The Morgan fingerprint density at radius 3 is 1.21 bits per heavy atom. The third-order valence-corrected chi connectivity index (χ3v) is 11.1. The summed E-state index contributed by atoms with van der Waals surface area (Å²) in [5.41, 5.74) is -6.48. The van der Waals surface area contributed by atoms with Crippen LogP contribution in [0.1, 0.15) is 49.9 Å². The summed E-state index contributed by atoms with van der Waals surface area (Å²) in [5.74, 6) is -3.42. The first-order chi connectivity index (χ1) is 31.6. The lowest BCUT2D eigenvalue weighted by Gasteiger charge is -2.29. The number of carbonyl (C=O) groups is 2. The van der Waals surface area contributed by atoms with Crippen molar-refractivity contribution in [1.29, 1.82) is 10.5 Å². The van der Waals surface area contributed by atoms with Crippen LogP contribution in [0.3, 0.4) is 0 Å². The van der Waals surface area contributed by atoms with Gasteiger partial charge in [-0.1, -0.05) is 0 Å². The number of hydrogen-bond acceptors (Lipinski definition) is 12. The normalized spacial score (nSPS) is 16.6. The number of aliphatic hydroxyl groups excluding tert-OH is 4.